The van der Waals surface area contributed by atoms with Gasteiger partial charge in [-0.1, -0.05) is 44.2 Å². The van der Waals surface area contributed by atoms with Crippen molar-refractivity contribution >= 4 is 12.0 Å². The highest BCUT2D eigenvalue weighted by Crippen LogP contribution is 2.35. The number of carbonyl (C=O) groups is 1. The van der Waals surface area contributed by atoms with Crippen molar-refractivity contribution in [2.24, 2.45) is 0 Å². The van der Waals surface area contributed by atoms with Gasteiger partial charge in [0.25, 0.3) is 0 Å². The maximum Gasteiger partial charge on any atom is 0.330 e. The van der Waals surface area contributed by atoms with Crippen LogP contribution in [0.25, 0.3) is 6.08 Å². The van der Waals surface area contributed by atoms with Gasteiger partial charge in [0.15, 0.2) is 0 Å². The van der Waals surface area contributed by atoms with Crippen LogP contribution in [0, 0.1) is 0 Å². The van der Waals surface area contributed by atoms with E-state index in [0.717, 1.165) is 5.56 Å². The molecule has 0 fully saturated rings. The molecule has 0 heterocycles. The Hall–Kier alpha value is -2.75. The fraction of sp³-hybridized carbons (Fsp3) is 0.250. The van der Waals surface area contributed by atoms with Crippen molar-refractivity contribution in [2.45, 2.75) is 26.2 Å². The van der Waals surface area contributed by atoms with Crippen molar-refractivity contribution in [2.75, 3.05) is 6.61 Å². The largest absolute Gasteiger partial charge is 0.507 e. The van der Waals surface area contributed by atoms with Gasteiger partial charge in [-0.2, -0.15) is 0 Å². The van der Waals surface area contributed by atoms with E-state index in [0.29, 0.717) is 24.2 Å². The Balaban J connectivity index is 1.92. The van der Waals surface area contributed by atoms with Gasteiger partial charge in [0, 0.05) is 18.1 Å². The number of hydrogen-bond donors (Lipinski definition) is 2. The maximum absolute atomic E-state index is 11.7. The van der Waals surface area contributed by atoms with Crippen LogP contribution >= 0.6 is 0 Å². The Bertz CT molecular complexity index is 695. The van der Waals surface area contributed by atoms with Gasteiger partial charge >= 0.3 is 5.97 Å². The Morgan fingerprint density at radius 3 is 2.33 bits per heavy atom. The molecule has 0 atom stereocenters. The molecule has 0 unspecified atom stereocenters. The second kappa shape index (κ2) is 8.20. The van der Waals surface area contributed by atoms with E-state index in [1.807, 2.05) is 44.2 Å². The topological polar surface area (TPSA) is 66.8 Å². The third kappa shape index (κ3) is 4.88. The third-order valence-corrected chi connectivity index (χ3v) is 3.63. The number of hydrogen-bond acceptors (Lipinski definition) is 4. The first-order valence-electron chi connectivity index (χ1n) is 7.92. The molecule has 2 rings (SSSR count). The molecular weight excluding hydrogens is 304 g/mol. The van der Waals surface area contributed by atoms with Crippen LogP contribution < -0.4 is 0 Å². The van der Waals surface area contributed by atoms with Gasteiger partial charge in [0.2, 0.25) is 0 Å². The first-order valence-corrected chi connectivity index (χ1v) is 7.92. The zero-order valence-corrected chi connectivity index (χ0v) is 13.9. The van der Waals surface area contributed by atoms with Crippen LogP contribution in [0.3, 0.4) is 0 Å². The van der Waals surface area contributed by atoms with Crippen LogP contribution in [-0.4, -0.2) is 22.8 Å². The summed E-state index contributed by atoms with van der Waals surface area (Å²) >= 11 is 0. The molecule has 0 amide bonds. The lowest BCUT2D eigenvalue weighted by molar-refractivity contribution is -0.137. The highest BCUT2D eigenvalue weighted by Gasteiger charge is 2.12. The van der Waals surface area contributed by atoms with E-state index in [1.54, 1.807) is 0 Å². The number of rotatable bonds is 6. The molecule has 2 aromatic carbocycles. The molecule has 0 aliphatic rings. The van der Waals surface area contributed by atoms with Crippen LogP contribution in [0.15, 0.2) is 48.5 Å². The molecule has 2 aromatic rings. The lowest BCUT2D eigenvalue weighted by Crippen LogP contribution is -2.04. The predicted octanol–water partition coefficient (Wildman–Crippen LogP) is 4.02. The smallest absolute Gasteiger partial charge is 0.330 e. The number of carbonyl (C=O) groups excluding carboxylic acids is 1. The molecule has 0 radical (unpaired) electrons. The molecule has 2 N–H and O–H groups in total. The SMILES string of the molecule is CC(C)c1c(O)cc(/C=C/C(=O)OCCc2ccccc2)cc1O. The first kappa shape index (κ1) is 17.6. The van der Waals surface area contributed by atoms with Gasteiger partial charge < -0.3 is 14.9 Å². The first-order chi connectivity index (χ1) is 11.5. The summed E-state index contributed by atoms with van der Waals surface area (Å²) in [5.41, 5.74) is 2.14. The van der Waals surface area contributed by atoms with E-state index >= 15 is 0 Å². The Morgan fingerprint density at radius 2 is 1.75 bits per heavy atom. The van der Waals surface area contributed by atoms with Gasteiger partial charge in [-0.25, -0.2) is 4.79 Å². The summed E-state index contributed by atoms with van der Waals surface area (Å²) < 4.78 is 5.14. The molecule has 126 valence electrons. The quantitative estimate of drug-likeness (QED) is 0.621. The van der Waals surface area contributed by atoms with Gasteiger partial charge in [-0.3, -0.25) is 0 Å². The second-order valence-electron chi connectivity index (χ2n) is 5.86. The highest BCUT2D eigenvalue weighted by atomic mass is 16.5. The van der Waals surface area contributed by atoms with Crippen molar-refractivity contribution in [1.29, 1.82) is 0 Å². The van der Waals surface area contributed by atoms with E-state index < -0.39 is 5.97 Å². The molecule has 0 aliphatic heterocycles. The highest BCUT2D eigenvalue weighted by molar-refractivity contribution is 5.87. The Labute approximate surface area is 142 Å². The number of ether oxygens (including phenoxy) is 1. The number of phenolic OH excluding ortho intramolecular Hbond substituents is 2. The average Bonchev–Trinajstić information content (AvgIpc) is 2.53. The van der Waals surface area contributed by atoms with E-state index in [-0.39, 0.29) is 17.4 Å². The number of benzene rings is 2. The maximum atomic E-state index is 11.7. The van der Waals surface area contributed by atoms with Crippen LogP contribution in [0.1, 0.15) is 36.5 Å². The molecule has 0 aromatic heterocycles. The van der Waals surface area contributed by atoms with Crippen LogP contribution in [0.5, 0.6) is 11.5 Å². The van der Waals surface area contributed by atoms with Crippen LogP contribution in [0.2, 0.25) is 0 Å². The van der Waals surface area contributed by atoms with Crippen LogP contribution in [-0.2, 0) is 16.0 Å². The molecule has 24 heavy (non-hydrogen) atoms. The summed E-state index contributed by atoms with van der Waals surface area (Å²) in [6.45, 7) is 4.07. The molecular formula is C20H22O4. The van der Waals surface area contributed by atoms with E-state index in [9.17, 15) is 15.0 Å². The van der Waals surface area contributed by atoms with Crippen molar-refractivity contribution in [3.63, 3.8) is 0 Å². The lowest BCUT2D eigenvalue weighted by atomic mass is 9.99. The normalized spacial score (nSPS) is 11.1. The van der Waals surface area contributed by atoms with Crippen LogP contribution in [0.4, 0.5) is 0 Å². The zero-order valence-electron chi connectivity index (χ0n) is 13.9. The minimum absolute atomic E-state index is 0.00554. The summed E-state index contributed by atoms with van der Waals surface area (Å²) in [7, 11) is 0. The van der Waals surface area contributed by atoms with Crippen molar-refractivity contribution < 1.29 is 19.7 Å². The molecule has 4 heteroatoms. The zero-order chi connectivity index (χ0) is 17.5. The number of esters is 1. The van der Waals surface area contributed by atoms with Gasteiger partial charge in [-0.15, -0.1) is 0 Å². The van der Waals surface area contributed by atoms with E-state index in [2.05, 4.69) is 0 Å². The molecule has 4 nitrogen and oxygen atoms in total. The second-order valence-corrected chi connectivity index (χ2v) is 5.86. The van der Waals surface area contributed by atoms with Crippen molar-refractivity contribution in [3.05, 3.63) is 65.2 Å². The summed E-state index contributed by atoms with van der Waals surface area (Å²) in [5, 5.41) is 19.9. The monoisotopic (exact) mass is 326 g/mol. The van der Waals surface area contributed by atoms with Gasteiger partial charge in [0.1, 0.15) is 11.5 Å². The summed E-state index contributed by atoms with van der Waals surface area (Å²) in [6.07, 6.45) is 3.45. The summed E-state index contributed by atoms with van der Waals surface area (Å²) in [6, 6.07) is 12.8. The standard InChI is InChI=1S/C20H22O4/c1-14(2)20-17(21)12-16(13-18(20)22)8-9-19(23)24-11-10-15-6-4-3-5-7-15/h3-9,12-14,21-22H,10-11H2,1-2H3/b9-8+. The van der Waals surface area contributed by atoms with Crippen molar-refractivity contribution in [1.82, 2.24) is 0 Å². The fourth-order valence-electron chi connectivity index (χ4n) is 2.46. The number of aromatic hydroxyl groups is 2. The molecule has 0 saturated carbocycles. The average molecular weight is 326 g/mol. The Kier molecular flexibility index (Phi) is 6.01. The minimum atomic E-state index is -0.460. The van der Waals surface area contributed by atoms with Gasteiger partial charge in [0.05, 0.1) is 6.61 Å². The molecule has 0 spiro atoms. The van der Waals surface area contributed by atoms with Crippen molar-refractivity contribution in [3.8, 4) is 11.5 Å². The summed E-state index contributed by atoms with van der Waals surface area (Å²) in [5.74, 6) is -0.423. The molecule has 0 aliphatic carbocycles. The minimum Gasteiger partial charge on any atom is -0.507 e. The molecule has 0 saturated heterocycles. The van der Waals surface area contributed by atoms with E-state index in [4.69, 9.17) is 4.74 Å². The third-order valence-electron chi connectivity index (χ3n) is 3.63. The number of phenols is 2. The predicted molar refractivity (Wildman–Crippen MR) is 94.0 cm³/mol. The van der Waals surface area contributed by atoms with E-state index in [1.165, 1.54) is 24.3 Å². The van der Waals surface area contributed by atoms with Gasteiger partial charge in [-0.05, 0) is 35.3 Å². The lowest BCUT2D eigenvalue weighted by Gasteiger charge is -2.11. The summed E-state index contributed by atoms with van der Waals surface area (Å²) in [4.78, 5) is 11.7. The Morgan fingerprint density at radius 1 is 1.12 bits per heavy atom. The fourth-order valence-corrected chi connectivity index (χ4v) is 2.46. The molecule has 0 bridgehead atoms.